The summed E-state index contributed by atoms with van der Waals surface area (Å²) < 4.78 is 10.6. The summed E-state index contributed by atoms with van der Waals surface area (Å²) in [4.78, 5) is 24.4. The Kier molecular flexibility index (Phi) is 5.50. The zero-order chi connectivity index (χ0) is 17.1. The Hall–Kier alpha value is -1.78. The van der Waals surface area contributed by atoms with E-state index in [0.29, 0.717) is 28.9 Å². The van der Waals surface area contributed by atoms with Gasteiger partial charge in [0.1, 0.15) is 17.1 Å². The van der Waals surface area contributed by atoms with E-state index in [-0.39, 0.29) is 11.9 Å². The Morgan fingerprint density at radius 2 is 2.00 bits per heavy atom. The summed E-state index contributed by atoms with van der Waals surface area (Å²) in [6, 6.07) is 1.79. The van der Waals surface area contributed by atoms with Gasteiger partial charge in [0.25, 0.3) is 5.91 Å². The van der Waals surface area contributed by atoms with Crippen molar-refractivity contribution < 1.29 is 18.7 Å². The van der Waals surface area contributed by atoms with E-state index in [4.69, 9.17) is 9.15 Å². The third kappa shape index (κ3) is 4.15. The molecule has 128 valence electrons. The van der Waals surface area contributed by atoms with Crippen LogP contribution in [-0.4, -0.2) is 24.0 Å². The number of hydrogen-bond acceptors (Lipinski definition) is 4. The lowest BCUT2D eigenvalue weighted by Crippen LogP contribution is -2.47. The first kappa shape index (κ1) is 17.6. The molecule has 4 atom stereocenters. The van der Waals surface area contributed by atoms with Crippen molar-refractivity contribution in [1.29, 1.82) is 0 Å². The molecule has 23 heavy (non-hydrogen) atoms. The van der Waals surface area contributed by atoms with Gasteiger partial charge in [-0.25, -0.2) is 4.79 Å². The standard InChI is InChI=1S/C18H27NO4/c1-10-7-6-8-16(12(10)3)19-17(20)14(5)23-18(21)15-9-11(2)22-13(15)4/h9-10,12,14,16H,6-8H2,1-5H3,(H,19,20)/t10-,12-,14+,16+/m0/s1. The third-order valence-corrected chi connectivity index (χ3v) is 4.95. The number of esters is 1. The number of aryl methyl sites for hydroxylation is 2. The summed E-state index contributed by atoms with van der Waals surface area (Å²) in [5.41, 5.74) is 0.377. The van der Waals surface area contributed by atoms with Crippen molar-refractivity contribution in [3.05, 3.63) is 23.2 Å². The summed E-state index contributed by atoms with van der Waals surface area (Å²) in [6.45, 7) is 9.47. The van der Waals surface area contributed by atoms with Crippen LogP contribution in [0.4, 0.5) is 0 Å². The fourth-order valence-corrected chi connectivity index (χ4v) is 3.20. The topological polar surface area (TPSA) is 68.5 Å². The van der Waals surface area contributed by atoms with Gasteiger partial charge in [0.15, 0.2) is 6.10 Å². The molecule has 0 radical (unpaired) electrons. The van der Waals surface area contributed by atoms with E-state index in [1.807, 2.05) is 0 Å². The predicted molar refractivity (Wildman–Crippen MR) is 87.2 cm³/mol. The highest BCUT2D eigenvalue weighted by atomic mass is 16.5. The number of hydrogen-bond donors (Lipinski definition) is 1. The van der Waals surface area contributed by atoms with Crippen molar-refractivity contribution in [2.75, 3.05) is 0 Å². The normalized spacial score (nSPS) is 25.7. The van der Waals surface area contributed by atoms with Crippen LogP contribution in [-0.2, 0) is 9.53 Å². The molecule has 0 unspecified atom stereocenters. The lowest BCUT2D eigenvalue weighted by molar-refractivity contribution is -0.130. The van der Waals surface area contributed by atoms with Crippen LogP contribution < -0.4 is 5.32 Å². The first-order chi connectivity index (χ1) is 10.8. The average Bonchev–Trinajstić information content (AvgIpc) is 2.82. The lowest BCUT2D eigenvalue weighted by Gasteiger charge is -2.35. The fraction of sp³-hybridized carbons (Fsp3) is 0.667. The Balaban J connectivity index is 1.92. The summed E-state index contributed by atoms with van der Waals surface area (Å²) >= 11 is 0. The van der Waals surface area contributed by atoms with Crippen LogP contribution in [0.25, 0.3) is 0 Å². The second kappa shape index (κ2) is 7.20. The second-order valence-corrected chi connectivity index (χ2v) is 6.76. The molecule has 0 bridgehead atoms. The lowest BCUT2D eigenvalue weighted by atomic mass is 9.78. The van der Waals surface area contributed by atoms with Crippen LogP contribution >= 0.6 is 0 Å². The molecule has 5 nitrogen and oxygen atoms in total. The Morgan fingerprint density at radius 3 is 2.61 bits per heavy atom. The van der Waals surface area contributed by atoms with Crippen molar-refractivity contribution in [1.82, 2.24) is 5.32 Å². The van der Waals surface area contributed by atoms with Gasteiger partial charge in [0, 0.05) is 6.04 Å². The number of nitrogens with one attached hydrogen (secondary N) is 1. The molecule has 1 aliphatic carbocycles. The van der Waals surface area contributed by atoms with Crippen LogP contribution in [0.3, 0.4) is 0 Å². The summed E-state index contributed by atoms with van der Waals surface area (Å²) in [6.07, 6.45) is 2.49. The van der Waals surface area contributed by atoms with E-state index in [9.17, 15) is 9.59 Å². The zero-order valence-corrected chi connectivity index (χ0v) is 14.6. The molecule has 1 heterocycles. The Morgan fingerprint density at radius 1 is 1.30 bits per heavy atom. The summed E-state index contributed by atoms with van der Waals surface area (Å²) in [7, 11) is 0. The fourth-order valence-electron chi connectivity index (χ4n) is 3.20. The van der Waals surface area contributed by atoms with E-state index in [2.05, 4.69) is 19.2 Å². The number of carbonyl (C=O) groups is 2. The minimum atomic E-state index is -0.818. The van der Waals surface area contributed by atoms with Gasteiger partial charge in [-0.1, -0.05) is 26.7 Å². The van der Waals surface area contributed by atoms with Crippen molar-refractivity contribution >= 4 is 11.9 Å². The van der Waals surface area contributed by atoms with Gasteiger partial charge in [0.05, 0.1) is 0 Å². The molecule has 1 saturated carbocycles. The maximum Gasteiger partial charge on any atom is 0.342 e. The van der Waals surface area contributed by atoms with Gasteiger partial charge in [0.2, 0.25) is 0 Å². The second-order valence-electron chi connectivity index (χ2n) is 6.76. The molecule has 1 aromatic rings. The quantitative estimate of drug-likeness (QED) is 0.863. The summed E-state index contributed by atoms with van der Waals surface area (Å²) in [5, 5.41) is 3.04. The SMILES string of the molecule is Cc1cc(C(=O)O[C@H](C)C(=O)N[C@@H]2CCC[C@H](C)[C@@H]2C)c(C)o1. The monoisotopic (exact) mass is 321 g/mol. The summed E-state index contributed by atoms with van der Waals surface area (Å²) in [5.74, 6) is 1.44. The van der Waals surface area contributed by atoms with Crippen molar-refractivity contribution in [2.45, 2.75) is 66.0 Å². The molecule has 1 amide bonds. The van der Waals surface area contributed by atoms with Gasteiger partial charge < -0.3 is 14.5 Å². The number of ether oxygens (including phenoxy) is 1. The van der Waals surface area contributed by atoms with Gasteiger partial charge in [-0.2, -0.15) is 0 Å². The van der Waals surface area contributed by atoms with Crippen LogP contribution in [0.2, 0.25) is 0 Å². The predicted octanol–water partition coefficient (Wildman–Crippen LogP) is 3.38. The number of amides is 1. The van der Waals surface area contributed by atoms with Gasteiger partial charge in [-0.05, 0) is 45.1 Å². The van der Waals surface area contributed by atoms with E-state index >= 15 is 0 Å². The minimum absolute atomic E-state index is 0.158. The van der Waals surface area contributed by atoms with Crippen LogP contribution in [0.15, 0.2) is 10.5 Å². The van der Waals surface area contributed by atoms with Crippen molar-refractivity contribution in [3.63, 3.8) is 0 Å². The van der Waals surface area contributed by atoms with E-state index < -0.39 is 12.1 Å². The minimum Gasteiger partial charge on any atom is -0.466 e. The molecule has 1 N–H and O–H groups in total. The highest BCUT2D eigenvalue weighted by molar-refractivity contribution is 5.93. The maximum atomic E-state index is 12.3. The van der Waals surface area contributed by atoms with Crippen LogP contribution in [0.5, 0.6) is 0 Å². The highest BCUT2D eigenvalue weighted by Gasteiger charge is 2.30. The number of rotatable bonds is 4. The average molecular weight is 321 g/mol. The molecule has 0 spiro atoms. The van der Waals surface area contributed by atoms with Gasteiger partial charge in [-0.3, -0.25) is 4.79 Å². The molecule has 1 aromatic heterocycles. The van der Waals surface area contributed by atoms with E-state index in [0.717, 1.165) is 12.8 Å². The maximum absolute atomic E-state index is 12.3. The van der Waals surface area contributed by atoms with Gasteiger partial charge in [-0.15, -0.1) is 0 Å². The van der Waals surface area contributed by atoms with Crippen molar-refractivity contribution in [2.24, 2.45) is 11.8 Å². The molecular formula is C18H27NO4. The molecule has 1 fully saturated rings. The molecule has 0 aromatic carbocycles. The first-order valence-corrected chi connectivity index (χ1v) is 8.38. The zero-order valence-electron chi connectivity index (χ0n) is 14.6. The molecule has 0 aliphatic heterocycles. The number of furan rings is 1. The molecular weight excluding hydrogens is 294 g/mol. The molecule has 2 rings (SSSR count). The molecule has 1 aliphatic rings. The van der Waals surface area contributed by atoms with E-state index in [1.165, 1.54) is 6.42 Å². The Bertz CT molecular complexity index is 578. The Labute approximate surface area is 137 Å². The first-order valence-electron chi connectivity index (χ1n) is 8.38. The largest absolute Gasteiger partial charge is 0.466 e. The third-order valence-electron chi connectivity index (χ3n) is 4.95. The van der Waals surface area contributed by atoms with Gasteiger partial charge >= 0.3 is 5.97 Å². The van der Waals surface area contributed by atoms with Crippen LogP contribution in [0.1, 0.15) is 61.9 Å². The smallest absolute Gasteiger partial charge is 0.342 e. The molecule has 5 heteroatoms. The van der Waals surface area contributed by atoms with Crippen molar-refractivity contribution in [3.8, 4) is 0 Å². The highest BCUT2D eigenvalue weighted by Crippen LogP contribution is 2.29. The van der Waals surface area contributed by atoms with E-state index in [1.54, 1.807) is 26.8 Å². The molecule has 0 saturated heterocycles. The van der Waals surface area contributed by atoms with Crippen LogP contribution in [0, 0.1) is 25.7 Å². The number of carbonyl (C=O) groups excluding carboxylic acids is 2.